The molecule has 4 heterocycles. The summed E-state index contributed by atoms with van der Waals surface area (Å²) in [5.74, 6) is -0.110. The molecule has 0 atom stereocenters. The monoisotopic (exact) mass is 405 g/mol. The highest BCUT2D eigenvalue weighted by atomic mass is 16.2. The van der Waals surface area contributed by atoms with Gasteiger partial charge in [0.25, 0.3) is 5.91 Å². The third-order valence-corrected chi connectivity index (χ3v) is 6.22. The fraction of sp³-hybridized carbons (Fsp3) is 0.381. The van der Waals surface area contributed by atoms with Crippen molar-refractivity contribution in [3.63, 3.8) is 0 Å². The van der Waals surface area contributed by atoms with Gasteiger partial charge in [-0.05, 0) is 31.4 Å². The molecule has 9 heteroatoms. The van der Waals surface area contributed by atoms with Gasteiger partial charge >= 0.3 is 6.03 Å². The number of amides is 3. The van der Waals surface area contributed by atoms with Crippen molar-refractivity contribution in [3.05, 3.63) is 54.0 Å². The van der Waals surface area contributed by atoms with Crippen molar-refractivity contribution in [1.82, 2.24) is 29.6 Å². The fourth-order valence-corrected chi connectivity index (χ4v) is 4.63. The maximum absolute atomic E-state index is 13.2. The van der Waals surface area contributed by atoms with Crippen molar-refractivity contribution < 1.29 is 9.59 Å². The first kappa shape index (κ1) is 18.5. The molecule has 9 nitrogen and oxygen atoms in total. The van der Waals surface area contributed by atoms with Crippen molar-refractivity contribution in [2.75, 3.05) is 25.0 Å². The highest BCUT2D eigenvalue weighted by Gasteiger charge is 2.56. The van der Waals surface area contributed by atoms with Crippen LogP contribution in [0.1, 0.15) is 24.1 Å². The van der Waals surface area contributed by atoms with E-state index in [1.165, 1.54) is 4.90 Å². The first-order valence-corrected chi connectivity index (χ1v) is 10.1. The normalized spacial score (nSPS) is 18.8. The number of imide groups is 1. The fourth-order valence-electron chi connectivity index (χ4n) is 4.63. The number of aromatic nitrogens is 4. The zero-order valence-electron chi connectivity index (χ0n) is 17.0. The molecule has 30 heavy (non-hydrogen) atoms. The van der Waals surface area contributed by atoms with E-state index in [0.717, 1.165) is 16.9 Å². The zero-order chi connectivity index (χ0) is 20.9. The molecule has 2 aliphatic heterocycles. The van der Waals surface area contributed by atoms with Crippen molar-refractivity contribution >= 4 is 23.3 Å². The van der Waals surface area contributed by atoms with Gasteiger partial charge in [-0.15, -0.1) is 10.2 Å². The average Bonchev–Trinajstić information content (AvgIpc) is 3.29. The van der Waals surface area contributed by atoms with Gasteiger partial charge in [0, 0.05) is 26.7 Å². The molecule has 0 bridgehead atoms. The zero-order valence-corrected chi connectivity index (χ0v) is 17.0. The van der Waals surface area contributed by atoms with Crippen LogP contribution >= 0.6 is 0 Å². The Morgan fingerprint density at radius 3 is 2.57 bits per heavy atom. The molecular weight excluding hydrogens is 382 g/mol. The molecule has 5 rings (SSSR count). The number of carbonyl (C=O) groups is 2. The second-order valence-electron chi connectivity index (χ2n) is 8.01. The molecule has 2 saturated heterocycles. The molecule has 154 valence electrons. The average molecular weight is 405 g/mol. The van der Waals surface area contributed by atoms with Crippen LogP contribution in [-0.2, 0) is 11.3 Å². The molecule has 0 aliphatic carbocycles. The lowest BCUT2D eigenvalue weighted by Gasteiger charge is -2.43. The van der Waals surface area contributed by atoms with Crippen LogP contribution in [-0.4, -0.2) is 67.2 Å². The number of aryl methyl sites for hydroxylation is 1. The summed E-state index contributed by atoms with van der Waals surface area (Å²) < 4.78 is 1.68. The Balaban J connectivity index is 1.44. The van der Waals surface area contributed by atoms with Gasteiger partial charge in [-0.3, -0.25) is 9.69 Å². The molecule has 1 aromatic carbocycles. The Morgan fingerprint density at radius 2 is 1.83 bits per heavy atom. The van der Waals surface area contributed by atoms with E-state index in [9.17, 15) is 9.59 Å². The Labute approximate surface area is 173 Å². The molecular formula is C21H23N7O2. The van der Waals surface area contributed by atoms with Gasteiger partial charge in [0.2, 0.25) is 5.65 Å². The highest BCUT2D eigenvalue weighted by molar-refractivity contribution is 6.07. The van der Waals surface area contributed by atoms with Crippen LogP contribution in [0.25, 0.3) is 5.65 Å². The van der Waals surface area contributed by atoms with Crippen LogP contribution in [0, 0.1) is 6.92 Å². The number of likely N-dealkylation sites (N-methyl/N-ethyl adjacent to an activating group) is 1. The van der Waals surface area contributed by atoms with Crippen molar-refractivity contribution in [2.24, 2.45) is 0 Å². The minimum absolute atomic E-state index is 0.110. The largest absolute Gasteiger partial charge is 0.368 e. The summed E-state index contributed by atoms with van der Waals surface area (Å²) in [6.07, 6.45) is 2.72. The molecule has 3 aromatic rings. The van der Waals surface area contributed by atoms with Crippen molar-refractivity contribution in [3.8, 4) is 0 Å². The quantitative estimate of drug-likeness (QED) is 0.619. The number of piperidine rings is 1. The van der Waals surface area contributed by atoms with Gasteiger partial charge in [0.15, 0.2) is 0 Å². The topological polar surface area (TPSA) is 86.9 Å². The molecule has 0 N–H and O–H groups in total. The van der Waals surface area contributed by atoms with Crippen LogP contribution < -0.4 is 4.90 Å². The molecule has 2 aliphatic rings. The minimum Gasteiger partial charge on any atom is -0.368 e. The Morgan fingerprint density at radius 1 is 1.10 bits per heavy atom. The number of nitrogens with zero attached hydrogens (tertiary/aromatic N) is 7. The summed E-state index contributed by atoms with van der Waals surface area (Å²) in [4.78, 5) is 31.3. The smallest absolute Gasteiger partial charge is 0.327 e. The van der Waals surface area contributed by atoms with E-state index in [0.29, 0.717) is 38.1 Å². The van der Waals surface area contributed by atoms with E-state index in [4.69, 9.17) is 0 Å². The number of fused-ring (bicyclic) bond motifs is 1. The number of rotatable bonds is 3. The van der Waals surface area contributed by atoms with Gasteiger partial charge < -0.3 is 9.80 Å². The van der Waals surface area contributed by atoms with E-state index in [2.05, 4.69) is 20.2 Å². The van der Waals surface area contributed by atoms with Gasteiger partial charge in [-0.2, -0.15) is 9.61 Å². The first-order chi connectivity index (χ1) is 14.5. The van der Waals surface area contributed by atoms with Crippen LogP contribution in [0.2, 0.25) is 0 Å². The minimum atomic E-state index is -0.801. The van der Waals surface area contributed by atoms with E-state index in [-0.39, 0.29) is 11.9 Å². The summed E-state index contributed by atoms with van der Waals surface area (Å²) >= 11 is 0. The Hall–Kier alpha value is -3.49. The molecule has 2 fully saturated rings. The van der Waals surface area contributed by atoms with Crippen molar-refractivity contribution in [2.45, 2.75) is 31.8 Å². The number of hydrogen-bond donors (Lipinski definition) is 0. The lowest BCUT2D eigenvalue weighted by Crippen LogP contribution is -2.56. The lowest BCUT2D eigenvalue weighted by atomic mass is 9.85. The Bertz CT molecular complexity index is 1120. The van der Waals surface area contributed by atoms with Crippen LogP contribution in [0.15, 0.2) is 42.7 Å². The summed E-state index contributed by atoms with van der Waals surface area (Å²) in [5.41, 5.74) is 2.74. The molecule has 0 radical (unpaired) electrons. The third kappa shape index (κ3) is 2.72. The summed E-state index contributed by atoms with van der Waals surface area (Å²) in [5, 5.41) is 12.6. The molecule has 0 unspecified atom stereocenters. The standard InChI is InChI=1S/C21H23N7O2/c1-15-12-17(18-23-22-14-28(18)24-15)26-10-8-21(9-11-26)19(29)25(2)20(30)27(21)13-16-6-4-3-5-7-16/h3-7,12,14H,8-11,13H2,1-2H3. The number of anilines is 1. The number of hydrogen-bond acceptors (Lipinski definition) is 6. The van der Waals surface area contributed by atoms with E-state index in [1.54, 1.807) is 22.8 Å². The first-order valence-electron chi connectivity index (χ1n) is 10.1. The molecule has 3 amide bonds. The number of urea groups is 1. The van der Waals surface area contributed by atoms with E-state index < -0.39 is 5.54 Å². The summed E-state index contributed by atoms with van der Waals surface area (Å²) in [6.45, 7) is 3.65. The molecule has 1 spiro atoms. The summed E-state index contributed by atoms with van der Waals surface area (Å²) in [7, 11) is 1.58. The SMILES string of the molecule is Cc1cc(N2CCC3(CC2)C(=O)N(C)C(=O)N3Cc2ccccc2)c2nncn2n1. The predicted octanol–water partition coefficient (Wildman–Crippen LogP) is 1.87. The van der Waals surface area contributed by atoms with Gasteiger partial charge in [-0.25, -0.2) is 4.79 Å². The maximum Gasteiger partial charge on any atom is 0.327 e. The molecule has 0 saturated carbocycles. The maximum atomic E-state index is 13.2. The van der Waals surface area contributed by atoms with Crippen LogP contribution in [0.3, 0.4) is 0 Å². The third-order valence-electron chi connectivity index (χ3n) is 6.22. The van der Waals surface area contributed by atoms with E-state index >= 15 is 0 Å². The van der Waals surface area contributed by atoms with Crippen LogP contribution in [0.4, 0.5) is 10.5 Å². The number of benzene rings is 1. The predicted molar refractivity (Wildman–Crippen MR) is 110 cm³/mol. The number of carbonyl (C=O) groups excluding carboxylic acids is 2. The Kier molecular flexibility index (Phi) is 4.19. The van der Waals surface area contributed by atoms with Gasteiger partial charge in [0.05, 0.1) is 11.4 Å². The van der Waals surface area contributed by atoms with Crippen molar-refractivity contribution in [1.29, 1.82) is 0 Å². The highest BCUT2D eigenvalue weighted by Crippen LogP contribution is 2.39. The second kappa shape index (κ2) is 6.79. The lowest BCUT2D eigenvalue weighted by molar-refractivity contribution is -0.133. The van der Waals surface area contributed by atoms with Gasteiger partial charge in [-0.1, -0.05) is 30.3 Å². The molecule has 2 aromatic heterocycles. The summed E-state index contributed by atoms with van der Waals surface area (Å²) in [6, 6.07) is 11.6. The van der Waals surface area contributed by atoms with Crippen LogP contribution in [0.5, 0.6) is 0 Å². The van der Waals surface area contributed by atoms with Gasteiger partial charge in [0.1, 0.15) is 11.9 Å². The second-order valence-corrected chi connectivity index (χ2v) is 8.01. The van der Waals surface area contributed by atoms with E-state index in [1.807, 2.05) is 43.3 Å².